The number of benzene rings is 1. The molecule has 5 rings (SSSR count). The molecule has 1 saturated heterocycles. The van der Waals surface area contributed by atoms with Crippen LogP contribution < -0.4 is 5.32 Å². The average Bonchev–Trinajstić information content (AvgIpc) is 3.50. The summed E-state index contributed by atoms with van der Waals surface area (Å²) in [7, 11) is 0. The summed E-state index contributed by atoms with van der Waals surface area (Å²) >= 11 is 5.68. The van der Waals surface area contributed by atoms with Crippen LogP contribution in [0.15, 0.2) is 83.7 Å². The summed E-state index contributed by atoms with van der Waals surface area (Å²) < 4.78 is 6.22. The smallest absolute Gasteiger partial charge is 0.335 e. The van der Waals surface area contributed by atoms with Crippen molar-refractivity contribution in [2.45, 2.75) is 18.6 Å². The van der Waals surface area contributed by atoms with Crippen LogP contribution >= 0.6 is 12.2 Å². The van der Waals surface area contributed by atoms with Gasteiger partial charge in [0.25, 0.3) is 0 Å². The topological polar surface area (TPSA) is 129 Å². The van der Waals surface area contributed by atoms with Crippen LogP contribution in [0.4, 0.5) is 0 Å². The predicted molar refractivity (Wildman–Crippen MR) is 133 cm³/mol. The molecule has 10 heteroatoms. The minimum atomic E-state index is -1.23. The van der Waals surface area contributed by atoms with Crippen molar-refractivity contribution in [3.8, 4) is 11.3 Å². The molecule has 3 N–H and O–H groups in total. The Kier molecular flexibility index (Phi) is 6.17. The van der Waals surface area contributed by atoms with Gasteiger partial charge in [-0.2, -0.15) is 0 Å². The molecule has 36 heavy (non-hydrogen) atoms. The number of nitrogens with zero attached hydrogens (tertiary/aromatic N) is 3. The van der Waals surface area contributed by atoms with Crippen molar-refractivity contribution in [3.05, 3.63) is 107 Å². The Morgan fingerprint density at radius 2 is 1.78 bits per heavy atom. The highest BCUT2D eigenvalue weighted by Crippen LogP contribution is 2.41. The summed E-state index contributed by atoms with van der Waals surface area (Å²) in [6, 6.07) is 16.1. The highest BCUT2D eigenvalue weighted by atomic mass is 32.1. The molecular weight excluding hydrogens is 480 g/mol. The number of hydrogen-bond acceptors (Lipinski definition) is 6. The van der Waals surface area contributed by atoms with Crippen molar-refractivity contribution >= 4 is 29.3 Å². The second-order valence-electron chi connectivity index (χ2n) is 8.23. The quantitative estimate of drug-likeness (QED) is 0.316. The van der Waals surface area contributed by atoms with Gasteiger partial charge in [0, 0.05) is 30.7 Å². The molecule has 2 atom stereocenters. The minimum absolute atomic E-state index is 0.142. The molecule has 1 fully saturated rings. The van der Waals surface area contributed by atoms with Crippen LogP contribution in [0.1, 0.15) is 49.8 Å². The Bertz CT molecular complexity index is 1410. The normalized spacial score (nSPS) is 17.1. The monoisotopic (exact) mass is 500 g/mol. The zero-order valence-electron chi connectivity index (χ0n) is 18.7. The fourth-order valence-corrected chi connectivity index (χ4v) is 4.56. The third-order valence-corrected chi connectivity index (χ3v) is 6.26. The molecule has 4 aromatic rings. The van der Waals surface area contributed by atoms with Crippen molar-refractivity contribution in [3.63, 3.8) is 0 Å². The zero-order valence-corrected chi connectivity index (χ0v) is 19.6. The van der Waals surface area contributed by atoms with Crippen LogP contribution in [0.25, 0.3) is 11.3 Å². The largest absolute Gasteiger partial charge is 0.478 e. The number of thiocarbonyl (C=S) groups is 1. The van der Waals surface area contributed by atoms with E-state index < -0.39 is 11.9 Å². The van der Waals surface area contributed by atoms with Crippen LogP contribution in [0.5, 0.6) is 0 Å². The maximum absolute atomic E-state index is 11.6. The fourth-order valence-electron chi connectivity index (χ4n) is 4.26. The lowest BCUT2D eigenvalue weighted by Gasteiger charge is -2.26. The predicted octanol–water partition coefficient (Wildman–Crippen LogP) is 4.31. The Balaban J connectivity index is 1.56. The van der Waals surface area contributed by atoms with Gasteiger partial charge in [-0.1, -0.05) is 12.1 Å². The molecular formula is C26H20N4O5S. The molecule has 4 heterocycles. The van der Waals surface area contributed by atoms with E-state index in [-0.39, 0.29) is 23.2 Å². The maximum atomic E-state index is 11.6. The van der Waals surface area contributed by atoms with Gasteiger partial charge in [-0.15, -0.1) is 0 Å². The Morgan fingerprint density at radius 3 is 2.42 bits per heavy atom. The van der Waals surface area contributed by atoms with Gasteiger partial charge >= 0.3 is 11.9 Å². The van der Waals surface area contributed by atoms with Crippen molar-refractivity contribution < 1.29 is 24.2 Å². The summed E-state index contributed by atoms with van der Waals surface area (Å²) in [5, 5.41) is 22.8. The number of pyridine rings is 2. The number of aromatic carboxylic acids is 2. The van der Waals surface area contributed by atoms with Crippen molar-refractivity contribution in [2.24, 2.45) is 0 Å². The molecule has 0 spiro atoms. The third-order valence-electron chi connectivity index (χ3n) is 5.90. The first kappa shape index (κ1) is 23.2. The number of furan rings is 1. The molecule has 0 unspecified atom stereocenters. The number of carboxylic acids is 2. The third kappa shape index (κ3) is 4.53. The van der Waals surface area contributed by atoms with Gasteiger partial charge in [0.05, 0.1) is 22.9 Å². The first-order valence-corrected chi connectivity index (χ1v) is 11.4. The molecule has 1 aromatic carbocycles. The lowest BCUT2D eigenvalue weighted by atomic mass is 10.0. The van der Waals surface area contributed by atoms with E-state index >= 15 is 0 Å². The number of carboxylic acid groups (broad SMARTS) is 2. The van der Waals surface area contributed by atoms with E-state index in [2.05, 4.69) is 15.3 Å². The summed E-state index contributed by atoms with van der Waals surface area (Å²) in [6.45, 7) is 0.474. The minimum Gasteiger partial charge on any atom is -0.478 e. The molecule has 9 nitrogen and oxygen atoms in total. The molecule has 0 radical (unpaired) electrons. The molecule has 1 aliphatic rings. The SMILES string of the molecule is O=C(O)c1cc(C(=O)O)cc(-c2ccc([C@@H]3[C@H](c4ccccn4)NC(=S)N3Cc3cccnc3)o2)c1. The van der Waals surface area contributed by atoms with E-state index in [9.17, 15) is 19.8 Å². The number of nitrogens with one attached hydrogen (secondary N) is 1. The highest BCUT2D eigenvalue weighted by Gasteiger charge is 2.41. The van der Waals surface area contributed by atoms with Crippen LogP contribution in [-0.4, -0.2) is 42.1 Å². The van der Waals surface area contributed by atoms with Crippen molar-refractivity contribution in [2.75, 3.05) is 0 Å². The lowest BCUT2D eigenvalue weighted by molar-refractivity contribution is 0.0696. The van der Waals surface area contributed by atoms with Crippen LogP contribution in [-0.2, 0) is 6.54 Å². The zero-order chi connectivity index (χ0) is 25.2. The van der Waals surface area contributed by atoms with Gasteiger partial charge in [0.15, 0.2) is 5.11 Å². The Hall–Kier alpha value is -4.57. The van der Waals surface area contributed by atoms with Crippen LogP contribution in [0.2, 0.25) is 0 Å². The van der Waals surface area contributed by atoms with E-state index in [1.165, 1.54) is 12.1 Å². The molecule has 0 bridgehead atoms. The second kappa shape index (κ2) is 9.59. The maximum Gasteiger partial charge on any atom is 0.335 e. The Labute approximate surface area is 211 Å². The van der Waals surface area contributed by atoms with E-state index in [1.54, 1.807) is 30.7 Å². The van der Waals surface area contributed by atoms with Crippen LogP contribution in [0.3, 0.4) is 0 Å². The first-order valence-electron chi connectivity index (χ1n) is 11.0. The van der Waals surface area contributed by atoms with Crippen molar-refractivity contribution in [1.29, 1.82) is 0 Å². The number of aromatic nitrogens is 2. The van der Waals surface area contributed by atoms with Gasteiger partial charge in [-0.25, -0.2) is 9.59 Å². The van der Waals surface area contributed by atoms with E-state index in [4.69, 9.17) is 16.6 Å². The lowest BCUT2D eigenvalue weighted by Crippen LogP contribution is -2.29. The number of hydrogen-bond donors (Lipinski definition) is 3. The van der Waals surface area contributed by atoms with E-state index in [1.807, 2.05) is 35.2 Å². The number of carbonyl (C=O) groups is 2. The van der Waals surface area contributed by atoms with Gasteiger partial charge in [-0.3, -0.25) is 9.97 Å². The summed E-state index contributed by atoms with van der Waals surface area (Å²) in [5.41, 5.74) is 1.80. The molecule has 0 saturated carbocycles. The highest BCUT2D eigenvalue weighted by molar-refractivity contribution is 7.80. The molecule has 0 amide bonds. The molecule has 180 valence electrons. The molecule has 0 aliphatic carbocycles. The van der Waals surface area contributed by atoms with Gasteiger partial charge < -0.3 is 24.8 Å². The van der Waals surface area contributed by atoms with Crippen molar-refractivity contribution in [1.82, 2.24) is 20.2 Å². The van der Waals surface area contributed by atoms with E-state index in [0.29, 0.717) is 28.7 Å². The average molecular weight is 501 g/mol. The fraction of sp³-hybridized carbons (Fsp3) is 0.115. The van der Waals surface area contributed by atoms with E-state index in [0.717, 1.165) is 17.3 Å². The van der Waals surface area contributed by atoms with Crippen LogP contribution in [0, 0.1) is 0 Å². The van der Waals surface area contributed by atoms with Gasteiger partial charge in [-0.05, 0) is 66.3 Å². The summed E-state index contributed by atoms with van der Waals surface area (Å²) in [5.74, 6) is -1.55. The Morgan fingerprint density at radius 1 is 1.00 bits per heavy atom. The van der Waals surface area contributed by atoms with Gasteiger partial charge in [0.1, 0.15) is 17.6 Å². The summed E-state index contributed by atoms with van der Waals surface area (Å²) in [6.07, 6.45) is 5.18. The number of rotatable bonds is 7. The van der Waals surface area contributed by atoms with Gasteiger partial charge in [0.2, 0.25) is 0 Å². The second-order valence-corrected chi connectivity index (χ2v) is 8.61. The molecule has 1 aliphatic heterocycles. The molecule has 3 aromatic heterocycles. The standard InChI is InChI=1S/C26H20N4O5S/c31-24(32)17-10-16(11-18(12-17)25(33)34)20-6-7-21(35-20)23-22(19-5-1-2-9-28-19)29-26(36)30(23)14-15-4-3-8-27-13-15/h1-13,22-23H,14H2,(H,29,36)(H,31,32)(H,33,34)/t22-,23+/m0/s1. The summed E-state index contributed by atoms with van der Waals surface area (Å²) in [4.78, 5) is 33.8. The first-order chi connectivity index (χ1) is 17.4.